The number of hydrogen-bond donors (Lipinski definition) is 1. The fourth-order valence-electron chi connectivity index (χ4n) is 0.533. The summed E-state index contributed by atoms with van der Waals surface area (Å²) >= 11 is 0. The summed E-state index contributed by atoms with van der Waals surface area (Å²) in [5.41, 5.74) is 0. The molecule has 5 nitrogen and oxygen atoms in total. The molecule has 0 saturated heterocycles. The number of rotatable bonds is 3. The number of alkyl carbamates (subject to hydrolysis) is 1. The fourth-order valence-corrected chi connectivity index (χ4v) is 0.533. The van der Waals surface area contributed by atoms with Crippen molar-refractivity contribution >= 4 is 12.1 Å². The Morgan fingerprint density at radius 3 is 2.08 bits per heavy atom. The van der Waals surface area contributed by atoms with Crippen LogP contribution in [0.15, 0.2) is 0 Å². The minimum absolute atomic E-state index is 0.226. The van der Waals surface area contributed by atoms with Crippen molar-refractivity contribution in [3.63, 3.8) is 0 Å². The van der Waals surface area contributed by atoms with Gasteiger partial charge in [0.15, 0.2) is 0 Å². The van der Waals surface area contributed by atoms with Gasteiger partial charge in [-0.3, -0.25) is 4.79 Å². The van der Waals surface area contributed by atoms with Gasteiger partial charge < -0.3 is 14.8 Å². The third-order valence-electron chi connectivity index (χ3n) is 1.23. The molecule has 1 amide bonds. The molecule has 0 aromatic heterocycles. The number of amides is 1. The summed E-state index contributed by atoms with van der Waals surface area (Å²) in [4.78, 5) is 21.6. The molecule has 0 spiro atoms. The van der Waals surface area contributed by atoms with Crippen LogP contribution in [0.25, 0.3) is 0 Å². The van der Waals surface area contributed by atoms with Crippen LogP contribution in [0.4, 0.5) is 4.79 Å². The zero-order chi connectivity index (χ0) is 10.4. The van der Waals surface area contributed by atoms with Crippen LogP contribution in [0.2, 0.25) is 0 Å². The van der Waals surface area contributed by atoms with Gasteiger partial charge in [-0.05, 0) is 0 Å². The lowest BCUT2D eigenvalue weighted by Gasteiger charge is -2.14. The lowest BCUT2D eigenvalue weighted by molar-refractivity contribution is -0.168. The third-order valence-corrected chi connectivity index (χ3v) is 1.23. The SMILES string of the molecule is CNC(=O)OC(C)OC(=O)C(C)C. The van der Waals surface area contributed by atoms with E-state index in [2.05, 4.69) is 10.1 Å². The van der Waals surface area contributed by atoms with Crippen molar-refractivity contribution in [2.45, 2.75) is 27.1 Å². The average molecular weight is 189 g/mol. The fraction of sp³-hybridized carbons (Fsp3) is 0.750. The van der Waals surface area contributed by atoms with Gasteiger partial charge in [-0.1, -0.05) is 13.8 Å². The third kappa shape index (κ3) is 5.05. The molecule has 0 rings (SSSR count). The van der Waals surface area contributed by atoms with Crippen molar-refractivity contribution < 1.29 is 19.1 Å². The Kier molecular flexibility index (Phi) is 4.87. The quantitative estimate of drug-likeness (QED) is 0.529. The topological polar surface area (TPSA) is 64.6 Å². The van der Waals surface area contributed by atoms with Crippen molar-refractivity contribution in [2.24, 2.45) is 5.92 Å². The van der Waals surface area contributed by atoms with Crippen molar-refractivity contribution in [1.82, 2.24) is 5.32 Å². The molecule has 0 bridgehead atoms. The molecule has 0 fully saturated rings. The van der Waals surface area contributed by atoms with E-state index >= 15 is 0 Å². The minimum Gasteiger partial charge on any atom is -0.425 e. The van der Waals surface area contributed by atoms with E-state index in [0.717, 1.165) is 0 Å². The van der Waals surface area contributed by atoms with E-state index in [-0.39, 0.29) is 5.92 Å². The standard InChI is InChI=1S/C8H15NO4/c1-5(2)7(10)12-6(3)13-8(11)9-4/h5-6H,1-4H3,(H,9,11). The number of carbonyl (C=O) groups is 2. The Morgan fingerprint density at radius 2 is 1.69 bits per heavy atom. The highest BCUT2D eigenvalue weighted by atomic mass is 16.7. The van der Waals surface area contributed by atoms with Crippen molar-refractivity contribution in [3.05, 3.63) is 0 Å². The largest absolute Gasteiger partial charge is 0.425 e. The Bertz CT molecular complexity index is 191. The summed E-state index contributed by atoms with van der Waals surface area (Å²) in [6.07, 6.45) is -1.47. The van der Waals surface area contributed by atoms with E-state index < -0.39 is 18.4 Å². The van der Waals surface area contributed by atoms with Gasteiger partial charge in [-0.2, -0.15) is 0 Å². The van der Waals surface area contributed by atoms with E-state index in [1.165, 1.54) is 14.0 Å². The number of hydrogen-bond acceptors (Lipinski definition) is 4. The number of esters is 1. The van der Waals surface area contributed by atoms with Gasteiger partial charge in [0.05, 0.1) is 5.92 Å². The van der Waals surface area contributed by atoms with E-state index in [4.69, 9.17) is 4.74 Å². The summed E-state index contributed by atoms with van der Waals surface area (Å²) < 4.78 is 9.39. The number of carbonyl (C=O) groups excluding carboxylic acids is 2. The highest BCUT2D eigenvalue weighted by Crippen LogP contribution is 2.01. The lowest BCUT2D eigenvalue weighted by Crippen LogP contribution is -2.28. The van der Waals surface area contributed by atoms with E-state index in [0.29, 0.717) is 0 Å². The zero-order valence-corrected chi connectivity index (χ0v) is 8.29. The van der Waals surface area contributed by atoms with Crippen molar-refractivity contribution in [2.75, 3.05) is 7.05 Å². The lowest BCUT2D eigenvalue weighted by atomic mass is 10.2. The van der Waals surface area contributed by atoms with Gasteiger partial charge in [0.1, 0.15) is 0 Å². The molecule has 0 aromatic rings. The average Bonchev–Trinajstić information content (AvgIpc) is 2.03. The molecule has 0 aliphatic heterocycles. The Labute approximate surface area is 77.4 Å². The van der Waals surface area contributed by atoms with Crippen molar-refractivity contribution in [1.29, 1.82) is 0 Å². The molecule has 76 valence electrons. The molecule has 13 heavy (non-hydrogen) atoms. The molecular formula is C8H15NO4. The smallest absolute Gasteiger partial charge is 0.409 e. The summed E-state index contributed by atoms with van der Waals surface area (Å²) in [6, 6.07) is 0. The van der Waals surface area contributed by atoms with Gasteiger partial charge in [-0.15, -0.1) is 0 Å². The Morgan fingerprint density at radius 1 is 1.15 bits per heavy atom. The van der Waals surface area contributed by atoms with Gasteiger partial charge >= 0.3 is 12.1 Å². The first kappa shape index (κ1) is 11.7. The monoisotopic (exact) mass is 189 g/mol. The van der Waals surface area contributed by atoms with Gasteiger partial charge in [0.2, 0.25) is 6.29 Å². The van der Waals surface area contributed by atoms with Crippen molar-refractivity contribution in [3.8, 4) is 0 Å². The minimum atomic E-state index is -0.852. The second-order valence-electron chi connectivity index (χ2n) is 2.81. The molecule has 1 N–H and O–H groups in total. The van der Waals surface area contributed by atoms with Crippen LogP contribution >= 0.6 is 0 Å². The predicted octanol–water partition coefficient (Wildman–Crippen LogP) is 0.888. The molecule has 0 radical (unpaired) electrons. The normalized spacial score (nSPS) is 12.1. The molecule has 1 unspecified atom stereocenters. The Hall–Kier alpha value is -1.26. The zero-order valence-electron chi connectivity index (χ0n) is 8.29. The van der Waals surface area contributed by atoms with Crippen LogP contribution in [0, 0.1) is 5.92 Å². The first-order valence-electron chi connectivity index (χ1n) is 4.06. The number of nitrogens with one attached hydrogen (secondary N) is 1. The molecule has 0 aliphatic rings. The van der Waals surface area contributed by atoms with Gasteiger partial charge in [0.25, 0.3) is 0 Å². The number of ether oxygens (including phenoxy) is 2. The summed E-state index contributed by atoms with van der Waals surface area (Å²) in [6.45, 7) is 4.89. The second kappa shape index (κ2) is 5.40. The van der Waals surface area contributed by atoms with Crippen LogP contribution in [-0.4, -0.2) is 25.4 Å². The van der Waals surface area contributed by atoms with Crippen LogP contribution < -0.4 is 5.32 Å². The second-order valence-corrected chi connectivity index (χ2v) is 2.81. The van der Waals surface area contributed by atoms with Crippen LogP contribution in [-0.2, 0) is 14.3 Å². The van der Waals surface area contributed by atoms with Crippen LogP contribution in [0.5, 0.6) is 0 Å². The molecule has 0 heterocycles. The summed E-state index contributed by atoms with van der Waals surface area (Å²) in [7, 11) is 1.43. The maximum absolute atomic E-state index is 11.0. The molecule has 5 heteroatoms. The van der Waals surface area contributed by atoms with Gasteiger partial charge in [-0.25, -0.2) is 4.79 Å². The summed E-state index contributed by atoms with van der Waals surface area (Å²) in [5.74, 6) is -0.618. The maximum Gasteiger partial charge on any atom is 0.409 e. The highest BCUT2D eigenvalue weighted by molar-refractivity contribution is 5.72. The van der Waals surface area contributed by atoms with Crippen LogP contribution in [0.1, 0.15) is 20.8 Å². The molecule has 0 saturated carbocycles. The predicted molar refractivity (Wildman–Crippen MR) is 45.9 cm³/mol. The highest BCUT2D eigenvalue weighted by Gasteiger charge is 2.15. The molecule has 0 aromatic carbocycles. The molecular weight excluding hydrogens is 174 g/mol. The molecule has 1 atom stereocenters. The van der Waals surface area contributed by atoms with E-state index in [1.54, 1.807) is 13.8 Å². The van der Waals surface area contributed by atoms with E-state index in [9.17, 15) is 9.59 Å². The van der Waals surface area contributed by atoms with Crippen LogP contribution in [0.3, 0.4) is 0 Å². The first-order valence-corrected chi connectivity index (χ1v) is 4.06. The summed E-state index contributed by atoms with van der Waals surface area (Å²) in [5, 5.41) is 2.25. The van der Waals surface area contributed by atoms with Gasteiger partial charge in [0, 0.05) is 14.0 Å². The molecule has 0 aliphatic carbocycles. The van der Waals surface area contributed by atoms with E-state index in [1.807, 2.05) is 0 Å². The Balaban J connectivity index is 3.80. The first-order chi connectivity index (χ1) is 5.97. The maximum atomic E-state index is 11.0.